The van der Waals surface area contributed by atoms with Gasteiger partial charge in [0.1, 0.15) is 8.07 Å². The lowest BCUT2D eigenvalue weighted by Crippen LogP contribution is -2.17. The summed E-state index contributed by atoms with van der Waals surface area (Å²) in [6.07, 6.45) is 4.13. The first-order valence-corrected chi connectivity index (χ1v) is 8.52. The standard InChI is InChI=1S/C11H20Si/c1-10-6-5-7-11(10)8-9-12(2,3)4/h10-11H,5-7H2,1-4H3/t10-,11?/m1/s1. The Morgan fingerprint density at radius 2 is 1.83 bits per heavy atom. The number of rotatable bonds is 0. The molecule has 0 N–H and O–H groups in total. The van der Waals surface area contributed by atoms with Crippen molar-refractivity contribution in [1.29, 1.82) is 0 Å². The van der Waals surface area contributed by atoms with E-state index in [-0.39, 0.29) is 0 Å². The predicted octanol–water partition coefficient (Wildman–Crippen LogP) is 3.30. The summed E-state index contributed by atoms with van der Waals surface area (Å²) >= 11 is 0. The Labute approximate surface area is 77.8 Å². The summed E-state index contributed by atoms with van der Waals surface area (Å²) in [5.74, 6) is 5.06. The summed E-state index contributed by atoms with van der Waals surface area (Å²) in [6.45, 7) is 9.30. The molecule has 0 radical (unpaired) electrons. The normalized spacial score (nSPS) is 29.7. The van der Waals surface area contributed by atoms with E-state index in [2.05, 4.69) is 38.0 Å². The van der Waals surface area contributed by atoms with Gasteiger partial charge in [-0.25, -0.2) is 0 Å². The second-order valence-electron chi connectivity index (χ2n) is 5.03. The third-order valence-corrected chi connectivity index (χ3v) is 3.39. The minimum Gasteiger partial charge on any atom is -0.132 e. The molecule has 1 unspecified atom stereocenters. The van der Waals surface area contributed by atoms with E-state index in [0.717, 1.165) is 11.8 Å². The maximum atomic E-state index is 3.48. The number of hydrogen-bond acceptors (Lipinski definition) is 0. The Bertz CT molecular complexity index is 201. The van der Waals surface area contributed by atoms with Crippen LogP contribution in [0.1, 0.15) is 26.2 Å². The minimum absolute atomic E-state index is 0.719. The summed E-state index contributed by atoms with van der Waals surface area (Å²) in [5, 5.41) is 0. The van der Waals surface area contributed by atoms with Gasteiger partial charge >= 0.3 is 0 Å². The lowest BCUT2D eigenvalue weighted by molar-refractivity contribution is 0.519. The van der Waals surface area contributed by atoms with Crippen molar-refractivity contribution in [3.8, 4) is 11.5 Å². The van der Waals surface area contributed by atoms with E-state index in [1.165, 1.54) is 19.3 Å². The molecule has 2 atom stereocenters. The third kappa shape index (κ3) is 3.03. The zero-order valence-corrected chi connectivity index (χ0v) is 9.78. The van der Waals surface area contributed by atoms with Crippen molar-refractivity contribution in [3.63, 3.8) is 0 Å². The Morgan fingerprint density at radius 3 is 2.25 bits per heavy atom. The highest BCUT2D eigenvalue weighted by molar-refractivity contribution is 6.83. The van der Waals surface area contributed by atoms with E-state index < -0.39 is 8.07 Å². The van der Waals surface area contributed by atoms with Crippen molar-refractivity contribution in [3.05, 3.63) is 0 Å². The molecule has 0 aromatic rings. The van der Waals surface area contributed by atoms with Crippen LogP contribution in [0.3, 0.4) is 0 Å². The molecular formula is C11H20Si. The fourth-order valence-corrected chi connectivity index (χ4v) is 2.29. The van der Waals surface area contributed by atoms with Crippen LogP contribution in [0, 0.1) is 23.3 Å². The smallest absolute Gasteiger partial charge is 0.129 e. The molecule has 1 aliphatic rings. The average molecular weight is 180 g/mol. The molecule has 0 aromatic heterocycles. The van der Waals surface area contributed by atoms with Gasteiger partial charge in [-0.05, 0) is 18.8 Å². The third-order valence-electron chi connectivity index (χ3n) is 2.49. The van der Waals surface area contributed by atoms with Crippen molar-refractivity contribution < 1.29 is 0 Å². The van der Waals surface area contributed by atoms with Crippen LogP contribution in [0.4, 0.5) is 0 Å². The van der Waals surface area contributed by atoms with E-state index in [9.17, 15) is 0 Å². The highest BCUT2D eigenvalue weighted by Gasteiger charge is 2.21. The van der Waals surface area contributed by atoms with Crippen molar-refractivity contribution >= 4 is 8.07 Å². The van der Waals surface area contributed by atoms with Crippen LogP contribution in [0.15, 0.2) is 0 Å². The van der Waals surface area contributed by atoms with Crippen molar-refractivity contribution in [1.82, 2.24) is 0 Å². The largest absolute Gasteiger partial charge is 0.132 e. The summed E-state index contributed by atoms with van der Waals surface area (Å²) in [6, 6.07) is 0. The highest BCUT2D eigenvalue weighted by atomic mass is 28.3. The van der Waals surface area contributed by atoms with E-state index >= 15 is 0 Å². The highest BCUT2D eigenvalue weighted by Crippen LogP contribution is 2.30. The fraction of sp³-hybridized carbons (Fsp3) is 0.818. The molecule has 1 aliphatic carbocycles. The van der Waals surface area contributed by atoms with Gasteiger partial charge in [0.25, 0.3) is 0 Å². The van der Waals surface area contributed by atoms with Crippen LogP contribution < -0.4 is 0 Å². The molecule has 12 heavy (non-hydrogen) atoms. The molecule has 1 heteroatoms. The second kappa shape index (κ2) is 3.66. The van der Waals surface area contributed by atoms with Gasteiger partial charge in [-0.2, -0.15) is 0 Å². The summed E-state index contributed by atoms with van der Waals surface area (Å²) in [4.78, 5) is 0. The minimum atomic E-state index is -1.12. The molecule has 0 aliphatic heterocycles. The first-order valence-electron chi connectivity index (χ1n) is 5.02. The first kappa shape index (κ1) is 9.86. The summed E-state index contributed by atoms with van der Waals surface area (Å²) < 4.78 is 0. The van der Waals surface area contributed by atoms with Crippen molar-refractivity contribution in [2.75, 3.05) is 0 Å². The van der Waals surface area contributed by atoms with Gasteiger partial charge in [-0.3, -0.25) is 0 Å². The van der Waals surface area contributed by atoms with Crippen LogP contribution >= 0.6 is 0 Å². The van der Waals surface area contributed by atoms with Crippen LogP contribution in [0.5, 0.6) is 0 Å². The van der Waals surface area contributed by atoms with E-state index in [1.54, 1.807) is 0 Å². The van der Waals surface area contributed by atoms with E-state index in [1.807, 2.05) is 0 Å². The second-order valence-corrected chi connectivity index (χ2v) is 9.78. The zero-order chi connectivity index (χ0) is 9.19. The number of hydrogen-bond donors (Lipinski definition) is 0. The van der Waals surface area contributed by atoms with Crippen molar-refractivity contribution in [2.24, 2.45) is 11.8 Å². The molecule has 1 saturated carbocycles. The van der Waals surface area contributed by atoms with Crippen LogP contribution in [-0.2, 0) is 0 Å². The fourth-order valence-electron chi connectivity index (χ4n) is 1.67. The van der Waals surface area contributed by atoms with Gasteiger partial charge in [0.15, 0.2) is 0 Å². The maximum Gasteiger partial charge on any atom is 0.129 e. The molecule has 0 bridgehead atoms. The summed E-state index contributed by atoms with van der Waals surface area (Å²) in [5.41, 5.74) is 3.48. The molecule has 0 nitrogen and oxygen atoms in total. The lowest BCUT2D eigenvalue weighted by Gasteiger charge is -2.09. The molecule has 0 aromatic carbocycles. The molecule has 0 spiro atoms. The first-order chi connectivity index (χ1) is 5.49. The van der Waals surface area contributed by atoms with E-state index in [4.69, 9.17) is 0 Å². The molecule has 0 saturated heterocycles. The quantitative estimate of drug-likeness (QED) is 0.396. The van der Waals surface area contributed by atoms with Crippen LogP contribution in [-0.4, -0.2) is 8.07 Å². The predicted molar refractivity (Wildman–Crippen MR) is 57.6 cm³/mol. The topological polar surface area (TPSA) is 0 Å². The summed E-state index contributed by atoms with van der Waals surface area (Å²) in [7, 11) is -1.12. The molecule has 68 valence electrons. The molecule has 0 heterocycles. The molecule has 1 fully saturated rings. The Hall–Kier alpha value is -0.223. The monoisotopic (exact) mass is 180 g/mol. The van der Waals surface area contributed by atoms with Gasteiger partial charge in [0, 0.05) is 5.92 Å². The van der Waals surface area contributed by atoms with Crippen LogP contribution in [0.2, 0.25) is 19.6 Å². The Morgan fingerprint density at radius 1 is 1.17 bits per heavy atom. The molecule has 1 rings (SSSR count). The van der Waals surface area contributed by atoms with Crippen LogP contribution in [0.25, 0.3) is 0 Å². The lowest BCUT2D eigenvalue weighted by atomic mass is 10.00. The van der Waals surface area contributed by atoms with Gasteiger partial charge in [0.05, 0.1) is 0 Å². The average Bonchev–Trinajstić information content (AvgIpc) is 2.29. The maximum absolute atomic E-state index is 3.48. The Balaban J connectivity index is 2.53. The van der Waals surface area contributed by atoms with Crippen molar-refractivity contribution in [2.45, 2.75) is 45.8 Å². The van der Waals surface area contributed by atoms with Gasteiger partial charge < -0.3 is 0 Å². The van der Waals surface area contributed by atoms with Gasteiger partial charge in [-0.15, -0.1) is 11.5 Å². The van der Waals surface area contributed by atoms with Gasteiger partial charge in [-0.1, -0.05) is 33.0 Å². The Kier molecular flexibility index (Phi) is 3.01. The molecule has 0 amide bonds. The molecular weight excluding hydrogens is 160 g/mol. The SMILES string of the molecule is C[C@@H]1CCCC1C#C[Si](C)(C)C. The zero-order valence-electron chi connectivity index (χ0n) is 8.78. The van der Waals surface area contributed by atoms with E-state index in [0.29, 0.717) is 0 Å². The van der Waals surface area contributed by atoms with Gasteiger partial charge in [0.2, 0.25) is 0 Å².